The number of piperidine rings is 1. The van der Waals surface area contributed by atoms with Crippen molar-refractivity contribution in [2.45, 2.75) is 45.6 Å². The molecule has 1 N–H and O–H groups in total. The second-order valence-electron chi connectivity index (χ2n) is 7.75. The van der Waals surface area contributed by atoms with Crippen LogP contribution in [-0.4, -0.2) is 40.5 Å². The van der Waals surface area contributed by atoms with Crippen molar-refractivity contribution in [1.82, 2.24) is 14.9 Å². The van der Waals surface area contributed by atoms with Crippen molar-refractivity contribution < 1.29 is 9.53 Å². The van der Waals surface area contributed by atoms with Crippen LogP contribution in [0, 0.1) is 6.92 Å². The Morgan fingerprint density at radius 3 is 2.87 bits per heavy atom. The van der Waals surface area contributed by atoms with E-state index in [9.17, 15) is 4.79 Å². The molecule has 0 aliphatic carbocycles. The number of aryl methyl sites for hydroxylation is 1. The molecular formula is C24H28N4O2. The zero-order valence-corrected chi connectivity index (χ0v) is 17.8. The van der Waals surface area contributed by atoms with Gasteiger partial charge in [-0.1, -0.05) is 19.1 Å². The molecule has 156 valence electrons. The number of hydrogen-bond acceptors (Lipinski definition) is 5. The van der Waals surface area contributed by atoms with Crippen LogP contribution in [0.1, 0.15) is 48.7 Å². The van der Waals surface area contributed by atoms with Gasteiger partial charge in [0.15, 0.2) is 5.65 Å². The maximum absolute atomic E-state index is 13.6. The predicted molar refractivity (Wildman–Crippen MR) is 120 cm³/mol. The first kappa shape index (κ1) is 20.1. The van der Waals surface area contributed by atoms with E-state index in [0.717, 1.165) is 48.3 Å². The summed E-state index contributed by atoms with van der Waals surface area (Å²) in [5.41, 5.74) is 3.60. The van der Waals surface area contributed by atoms with Gasteiger partial charge in [0.2, 0.25) is 0 Å². The number of carbonyl (C=O) groups excluding carboxylic acids is 1. The average Bonchev–Trinajstić information content (AvgIpc) is 2.79. The molecule has 6 nitrogen and oxygen atoms in total. The molecule has 0 saturated carbocycles. The number of aromatic nitrogens is 2. The van der Waals surface area contributed by atoms with Crippen LogP contribution in [0.25, 0.3) is 11.0 Å². The zero-order chi connectivity index (χ0) is 21.1. The molecule has 4 rings (SSSR count). The number of benzene rings is 1. The number of carbonyl (C=O) groups is 1. The molecule has 1 aliphatic rings. The van der Waals surface area contributed by atoms with Crippen LogP contribution >= 0.6 is 0 Å². The van der Waals surface area contributed by atoms with Crippen molar-refractivity contribution >= 4 is 28.3 Å². The normalized spacial score (nSPS) is 16.5. The first-order chi connectivity index (χ1) is 14.6. The molecule has 3 heterocycles. The predicted octanol–water partition coefficient (Wildman–Crippen LogP) is 5.10. The lowest BCUT2D eigenvalue weighted by Gasteiger charge is -2.35. The number of para-hydroxylation sites is 2. The maximum atomic E-state index is 13.6. The summed E-state index contributed by atoms with van der Waals surface area (Å²) < 4.78 is 5.51. The van der Waals surface area contributed by atoms with Gasteiger partial charge in [-0.05, 0) is 56.9 Å². The molecule has 1 unspecified atom stereocenters. The van der Waals surface area contributed by atoms with Gasteiger partial charge < -0.3 is 15.0 Å². The van der Waals surface area contributed by atoms with Crippen molar-refractivity contribution in [3.63, 3.8) is 0 Å². The van der Waals surface area contributed by atoms with E-state index in [-0.39, 0.29) is 11.9 Å². The van der Waals surface area contributed by atoms with Crippen molar-refractivity contribution in [2.75, 3.05) is 19.0 Å². The number of likely N-dealkylation sites (tertiary alicyclic amines) is 1. The van der Waals surface area contributed by atoms with Gasteiger partial charge in [-0.3, -0.25) is 4.79 Å². The van der Waals surface area contributed by atoms with Gasteiger partial charge in [-0.25, -0.2) is 9.97 Å². The monoisotopic (exact) mass is 404 g/mol. The Morgan fingerprint density at radius 2 is 2.07 bits per heavy atom. The molecule has 2 aromatic heterocycles. The van der Waals surface area contributed by atoms with E-state index in [1.807, 2.05) is 48.2 Å². The van der Waals surface area contributed by atoms with Gasteiger partial charge in [0.1, 0.15) is 5.75 Å². The van der Waals surface area contributed by atoms with Gasteiger partial charge in [0, 0.05) is 29.9 Å². The third-order valence-corrected chi connectivity index (χ3v) is 5.83. The zero-order valence-electron chi connectivity index (χ0n) is 17.8. The molecule has 0 bridgehead atoms. The molecule has 1 amide bonds. The number of nitrogens with one attached hydrogen (secondary N) is 1. The molecular weight excluding hydrogens is 376 g/mol. The molecule has 1 aromatic carbocycles. The van der Waals surface area contributed by atoms with Crippen LogP contribution in [-0.2, 0) is 0 Å². The summed E-state index contributed by atoms with van der Waals surface area (Å²) in [7, 11) is 1.64. The molecule has 3 aromatic rings. The van der Waals surface area contributed by atoms with Crippen molar-refractivity contribution in [3.8, 4) is 5.75 Å². The third kappa shape index (κ3) is 3.82. The number of fused-ring (bicyclic) bond motifs is 1. The van der Waals surface area contributed by atoms with Crippen LogP contribution in [0.3, 0.4) is 0 Å². The number of anilines is 2. The Labute approximate surface area is 177 Å². The minimum absolute atomic E-state index is 0.0222. The van der Waals surface area contributed by atoms with Crippen LogP contribution in [0.15, 0.2) is 42.6 Å². The number of amides is 1. The van der Waals surface area contributed by atoms with Crippen LogP contribution in [0.2, 0.25) is 0 Å². The Balaban J connectivity index is 1.84. The molecule has 30 heavy (non-hydrogen) atoms. The average molecular weight is 405 g/mol. The molecule has 1 fully saturated rings. The van der Waals surface area contributed by atoms with Gasteiger partial charge in [-0.15, -0.1) is 0 Å². The van der Waals surface area contributed by atoms with E-state index in [4.69, 9.17) is 4.74 Å². The van der Waals surface area contributed by atoms with Crippen molar-refractivity contribution in [2.24, 2.45) is 0 Å². The Bertz CT molecular complexity index is 1070. The summed E-state index contributed by atoms with van der Waals surface area (Å²) in [5, 5.41) is 4.28. The van der Waals surface area contributed by atoms with E-state index in [2.05, 4.69) is 22.2 Å². The lowest BCUT2D eigenvalue weighted by molar-refractivity contribution is 0.0609. The van der Waals surface area contributed by atoms with E-state index < -0.39 is 0 Å². The minimum atomic E-state index is 0.0222. The summed E-state index contributed by atoms with van der Waals surface area (Å²) in [6, 6.07) is 11.9. The van der Waals surface area contributed by atoms with E-state index in [0.29, 0.717) is 17.0 Å². The van der Waals surface area contributed by atoms with Gasteiger partial charge in [-0.2, -0.15) is 0 Å². The number of methoxy groups -OCH3 is 1. The summed E-state index contributed by atoms with van der Waals surface area (Å²) in [5.74, 6) is 0.735. The Morgan fingerprint density at radius 1 is 1.23 bits per heavy atom. The lowest BCUT2D eigenvalue weighted by atomic mass is 9.98. The Kier molecular flexibility index (Phi) is 5.84. The minimum Gasteiger partial charge on any atom is -0.495 e. The largest absolute Gasteiger partial charge is 0.495 e. The van der Waals surface area contributed by atoms with Crippen LogP contribution in [0.5, 0.6) is 5.75 Å². The fourth-order valence-electron chi connectivity index (χ4n) is 4.20. The molecule has 0 spiro atoms. The summed E-state index contributed by atoms with van der Waals surface area (Å²) in [6.07, 6.45) is 5.89. The second kappa shape index (κ2) is 8.69. The maximum Gasteiger partial charge on any atom is 0.257 e. The van der Waals surface area contributed by atoms with E-state index in [1.54, 1.807) is 13.3 Å². The smallest absolute Gasteiger partial charge is 0.257 e. The van der Waals surface area contributed by atoms with Gasteiger partial charge >= 0.3 is 0 Å². The molecule has 1 atom stereocenters. The topological polar surface area (TPSA) is 67.4 Å². The summed E-state index contributed by atoms with van der Waals surface area (Å²) in [4.78, 5) is 24.7. The number of hydrogen-bond donors (Lipinski definition) is 1. The molecule has 0 radical (unpaired) electrons. The van der Waals surface area contributed by atoms with Gasteiger partial charge in [0.25, 0.3) is 5.91 Å². The van der Waals surface area contributed by atoms with E-state index in [1.165, 1.54) is 6.42 Å². The highest BCUT2D eigenvalue weighted by molar-refractivity contribution is 6.07. The highest BCUT2D eigenvalue weighted by Crippen LogP contribution is 2.34. The first-order valence-corrected chi connectivity index (χ1v) is 10.6. The van der Waals surface area contributed by atoms with E-state index >= 15 is 0 Å². The fraction of sp³-hybridized carbons (Fsp3) is 0.375. The van der Waals surface area contributed by atoms with Crippen molar-refractivity contribution in [1.29, 1.82) is 0 Å². The first-order valence-electron chi connectivity index (χ1n) is 10.6. The second-order valence-corrected chi connectivity index (χ2v) is 7.75. The number of rotatable bonds is 5. The number of pyridine rings is 2. The molecule has 1 aliphatic heterocycles. The fourth-order valence-corrected chi connectivity index (χ4v) is 4.20. The number of nitrogens with zero attached hydrogens (tertiary/aromatic N) is 3. The highest BCUT2D eigenvalue weighted by atomic mass is 16.5. The number of ether oxygens (including phenoxy) is 1. The van der Waals surface area contributed by atoms with Gasteiger partial charge in [0.05, 0.1) is 24.0 Å². The summed E-state index contributed by atoms with van der Waals surface area (Å²) in [6.45, 7) is 4.87. The lowest BCUT2D eigenvalue weighted by Crippen LogP contribution is -2.43. The molecule has 1 saturated heterocycles. The standard InChI is InChI=1S/C24H28N4O2/c1-4-17-9-7-8-14-28(17)24(29)19-15-25-23-18(13-12-16(2)26-23)22(19)27-20-10-5-6-11-21(20)30-3/h5-6,10-13,15,17H,4,7-9,14H2,1-3H3,(H,25,26,27). The highest BCUT2D eigenvalue weighted by Gasteiger charge is 2.29. The molecule has 6 heteroatoms. The van der Waals surface area contributed by atoms with Crippen LogP contribution in [0.4, 0.5) is 11.4 Å². The third-order valence-electron chi connectivity index (χ3n) is 5.83. The van der Waals surface area contributed by atoms with Crippen molar-refractivity contribution in [3.05, 3.63) is 53.9 Å². The summed E-state index contributed by atoms with van der Waals surface area (Å²) >= 11 is 0. The van der Waals surface area contributed by atoms with Crippen LogP contribution < -0.4 is 10.1 Å². The Hall–Kier alpha value is -3.15. The quantitative estimate of drug-likeness (QED) is 0.641. The SMILES string of the molecule is CCC1CCCCN1C(=O)c1cnc2nc(C)ccc2c1Nc1ccccc1OC.